The van der Waals surface area contributed by atoms with E-state index in [-0.39, 0.29) is 24.3 Å². The average Bonchev–Trinajstić information content (AvgIpc) is 2.92. The highest BCUT2D eigenvalue weighted by Gasteiger charge is 2.25. The molecule has 2 atom stereocenters. The number of ether oxygens (including phenoxy) is 1. The van der Waals surface area contributed by atoms with Gasteiger partial charge in [-0.1, -0.05) is 35.8 Å². The third kappa shape index (κ3) is 6.08. The van der Waals surface area contributed by atoms with E-state index in [2.05, 4.69) is 20.9 Å². The van der Waals surface area contributed by atoms with Gasteiger partial charge in [-0.05, 0) is 55.5 Å². The van der Waals surface area contributed by atoms with Crippen LogP contribution in [0.2, 0.25) is 0 Å². The van der Waals surface area contributed by atoms with Crippen LogP contribution in [0.3, 0.4) is 0 Å². The molecule has 0 aliphatic carbocycles. The van der Waals surface area contributed by atoms with E-state index in [1.54, 1.807) is 6.20 Å². The predicted octanol–water partition coefficient (Wildman–Crippen LogP) is 4.89. The molecule has 31 heavy (non-hydrogen) atoms. The minimum Gasteiger partial charge on any atom is -0.469 e. The van der Waals surface area contributed by atoms with Crippen LogP contribution in [0.5, 0.6) is 0 Å². The maximum atomic E-state index is 11.8. The molecule has 1 aromatic heterocycles. The normalized spacial score (nSPS) is 16.8. The first-order valence-corrected chi connectivity index (χ1v) is 11.3. The molecule has 0 fully saturated rings. The summed E-state index contributed by atoms with van der Waals surface area (Å²) < 4.78 is 5.77. The number of halogens is 1. The van der Waals surface area contributed by atoms with E-state index in [0.29, 0.717) is 19.3 Å². The van der Waals surface area contributed by atoms with Crippen molar-refractivity contribution in [1.82, 2.24) is 4.98 Å². The maximum Gasteiger partial charge on any atom is 0.305 e. The van der Waals surface area contributed by atoms with Gasteiger partial charge in [0.2, 0.25) is 0 Å². The minimum absolute atomic E-state index is 0.163. The van der Waals surface area contributed by atoms with Crippen LogP contribution in [0.1, 0.15) is 50.8 Å². The van der Waals surface area contributed by atoms with Crippen molar-refractivity contribution in [2.45, 2.75) is 51.7 Å². The number of aliphatic hydroxyl groups is 1. The number of aliphatic imine (C=N–C) groups is 2. The molecule has 0 spiro atoms. The summed E-state index contributed by atoms with van der Waals surface area (Å²) in [6.45, 7) is 4.00. The fourth-order valence-corrected chi connectivity index (χ4v) is 3.83. The van der Waals surface area contributed by atoms with E-state index in [4.69, 9.17) is 14.7 Å². The minimum atomic E-state index is -0.421. The van der Waals surface area contributed by atoms with Crippen LogP contribution in [0.15, 0.2) is 57.1 Å². The van der Waals surface area contributed by atoms with Crippen molar-refractivity contribution in [3.05, 3.63) is 58.3 Å². The number of nitrogens with zero attached hydrogens (tertiary/aromatic N) is 3. The topological polar surface area (TPSA) is 84.1 Å². The highest BCUT2D eigenvalue weighted by Crippen LogP contribution is 2.31. The van der Waals surface area contributed by atoms with Gasteiger partial charge in [-0.2, -0.15) is 0 Å². The molecule has 1 aromatic carbocycles. The first kappa shape index (κ1) is 23.3. The lowest BCUT2D eigenvalue weighted by molar-refractivity contribution is -0.140. The summed E-state index contributed by atoms with van der Waals surface area (Å²) in [5, 5.41) is 10.4. The number of methoxy groups -OCH3 is 1. The number of hydrogen-bond donors (Lipinski definition) is 1. The van der Waals surface area contributed by atoms with Gasteiger partial charge < -0.3 is 9.84 Å². The zero-order valence-electron chi connectivity index (χ0n) is 18.1. The van der Waals surface area contributed by atoms with Crippen LogP contribution >= 0.6 is 15.9 Å². The second kappa shape index (κ2) is 10.8. The summed E-state index contributed by atoms with van der Waals surface area (Å²) in [7, 11) is 1.39. The molecule has 2 aromatic rings. The summed E-state index contributed by atoms with van der Waals surface area (Å²) in [5.41, 5.74) is 4.05. The van der Waals surface area contributed by atoms with Crippen LogP contribution in [-0.4, -0.2) is 46.7 Å². The standard InChI is InChI=1S/C24H28BrN3O3/c1-15(2)22(29)11-9-19-20(10-12-23(30)31-3)28-24(21-6-4-5-13-26-21)17-14-16(25)7-8-18(17)27-19/h4-8,13-15,20,22,29H,9-12H2,1-3H3/t20-,22?/m0/s1. The van der Waals surface area contributed by atoms with E-state index < -0.39 is 6.10 Å². The van der Waals surface area contributed by atoms with Crippen LogP contribution < -0.4 is 0 Å². The smallest absolute Gasteiger partial charge is 0.305 e. The zero-order valence-corrected chi connectivity index (χ0v) is 19.7. The maximum absolute atomic E-state index is 11.8. The third-order valence-corrected chi connectivity index (χ3v) is 5.86. The van der Waals surface area contributed by atoms with Gasteiger partial charge in [-0.25, -0.2) is 0 Å². The molecular weight excluding hydrogens is 458 g/mol. The number of fused-ring (bicyclic) bond motifs is 1. The van der Waals surface area contributed by atoms with Gasteiger partial charge in [0.05, 0.1) is 36.3 Å². The van der Waals surface area contributed by atoms with Crippen LogP contribution in [0.4, 0.5) is 5.69 Å². The quantitative estimate of drug-likeness (QED) is 0.539. The van der Waals surface area contributed by atoms with Gasteiger partial charge in [-0.15, -0.1) is 0 Å². The average molecular weight is 486 g/mol. The predicted molar refractivity (Wildman–Crippen MR) is 126 cm³/mol. The largest absolute Gasteiger partial charge is 0.469 e. The molecule has 7 heteroatoms. The van der Waals surface area contributed by atoms with E-state index in [1.807, 2.05) is 50.2 Å². The molecule has 2 heterocycles. The number of rotatable bonds is 8. The van der Waals surface area contributed by atoms with E-state index in [9.17, 15) is 9.90 Å². The molecule has 0 radical (unpaired) electrons. The first-order valence-electron chi connectivity index (χ1n) is 10.5. The molecule has 1 unspecified atom stereocenters. The molecule has 0 saturated heterocycles. The van der Waals surface area contributed by atoms with Crippen molar-refractivity contribution in [3.63, 3.8) is 0 Å². The molecule has 0 amide bonds. The van der Waals surface area contributed by atoms with Crippen LogP contribution in [0, 0.1) is 5.92 Å². The number of aliphatic hydroxyl groups excluding tert-OH is 1. The Morgan fingerprint density at radius 3 is 2.74 bits per heavy atom. The van der Waals surface area contributed by atoms with E-state index in [0.717, 1.165) is 32.8 Å². The Morgan fingerprint density at radius 2 is 2.06 bits per heavy atom. The highest BCUT2D eigenvalue weighted by atomic mass is 79.9. The lowest BCUT2D eigenvalue weighted by Gasteiger charge is -2.18. The molecule has 1 aliphatic rings. The zero-order chi connectivity index (χ0) is 22.4. The van der Waals surface area contributed by atoms with Crippen molar-refractivity contribution < 1.29 is 14.6 Å². The summed E-state index contributed by atoms with van der Waals surface area (Å²) in [4.78, 5) is 26.4. The molecule has 1 N–H and O–H groups in total. The number of hydrogen-bond acceptors (Lipinski definition) is 6. The van der Waals surface area contributed by atoms with Crippen molar-refractivity contribution in [2.24, 2.45) is 15.9 Å². The second-order valence-electron chi connectivity index (χ2n) is 7.94. The summed E-state index contributed by atoms with van der Waals surface area (Å²) >= 11 is 3.55. The number of carbonyl (C=O) groups is 1. The molecular formula is C24H28BrN3O3. The van der Waals surface area contributed by atoms with Gasteiger partial charge in [0.15, 0.2) is 0 Å². The summed E-state index contributed by atoms with van der Waals surface area (Å²) in [5.74, 6) is -0.114. The number of benzene rings is 1. The molecule has 0 bridgehead atoms. The van der Waals surface area contributed by atoms with Crippen molar-refractivity contribution in [2.75, 3.05) is 7.11 Å². The fraction of sp³-hybridized carbons (Fsp3) is 0.417. The SMILES string of the molecule is COC(=O)CC[C@@H]1N=C(c2ccccn2)c2cc(Br)ccc2N=C1CCC(O)C(C)C. The highest BCUT2D eigenvalue weighted by molar-refractivity contribution is 9.10. The monoisotopic (exact) mass is 485 g/mol. The Hall–Kier alpha value is -2.38. The molecule has 6 nitrogen and oxygen atoms in total. The van der Waals surface area contributed by atoms with Crippen molar-refractivity contribution in [3.8, 4) is 0 Å². The third-order valence-electron chi connectivity index (χ3n) is 5.37. The lowest BCUT2D eigenvalue weighted by atomic mass is 9.96. The summed E-state index contributed by atoms with van der Waals surface area (Å²) in [6, 6.07) is 11.3. The van der Waals surface area contributed by atoms with Gasteiger partial charge in [0.25, 0.3) is 0 Å². The van der Waals surface area contributed by atoms with E-state index >= 15 is 0 Å². The molecule has 164 valence electrons. The number of carbonyl (C=O) groups excluding carboxylic acids is 1. The van der Waals surface area contributed by atoms with Crippen molar-refractivity contribution in [1.29, 1.82) is 0 Å². The molecule has 1 aliphatic heterocycles. The van der Waals surface area contributed by atoms with E-state index in [1.165, 1.54) is 7.11 Å². The van der Waals surface area contributed by atoms with Gasteiger partial charge >= 0.3 is 5.97 Å². The Balaban J connectivity index is 2.06. The van der Waals surface area contributed by atoms with Gasteiger partial charge in [0, 0.05) is 28.4 Å². The lowest BCUT2D eigenvalue weighted by Crippen LogP contribution is -2.24. The fourth-order valence-electron chi connectivity index (χ4n) is 3.47. The number of pyridine rings is 1. The Bertz CT molecular complexity index is 973. The summed E-state index contributed by atoms with van der Waals surface area (Å²) in [6.07, 6.45) is 3.23. The molecule has 3 rings (SSSR count). The van der Waals surface area contributed by atoms with Gasteiger partial charge in [0.1, 0.15) is 0 Å². The number of aromatic nitrogens is 1. The second-order valence-corrected chi connectivity index (χ2v) is 8.85. The Labute approximate surface area is 191 Å². The molecule has 0 saturated carbocycles. The van der Waals surface area contributed by atoms with Crippen molar-refractivity contribution >= 4 is 39.0 Å². The number of esters is 1. The van der Waals surface area contributed by atoms with Crippen LogP contribution in [-0.2, 0) is 9.53 Å². The van der Waals surface area contributed by atoms with Crippen LogP contribution in [0.25, 0.3) is 0 Å². The van der Waals surface area contributed by atoms with Gasteiger partial charge in [-0.3, -0.25) is 19.8 Å². The first-order chi connectivity index (χ1) is 14.9. The Morgan fingerprint density at radius 1 is 1.26 bits per heavy atom. The Kier molecular flexibility index (Phi) is 8.09.